The highest BCUT2D eigenvalue weighted by atomic mass is 16.5. The predicted molar refractivity (Wildman–Crippen MR) is 69.7 cm³/mol. The maximum Gasteiger partial charge on any atom is 0.314 e. The molecular formula is C14H18O5. The quantitative estimate of drug-likeness (QED) is 0.582. The summed E-state index contributed by atoms with van der Waals surface area (Å²) in [5.41, 5.74) is -0.408. The van der Waals surface area contributed by atoms with Gasteiger partial charge in [-0.05, 0) is 32.0 Å². The SMILES string of the molecule is COC(=O)C(C)(C)COc1ccc(OC)cc1C=O. The molecule has 0 heterocycles. The third-order valence-corrected chi connectivity index (χ3v) is 2.67. The van der Waals surface area contributed by atoms with Crippen molar-refractivity contribution in [2.45, 2.75) is 13.8 Å². The summed E-state index contributed by atoms with van der Waals surface area (Å²) < 4.78 is 15.2. The van der Waals surface area contributed by atoms with Crippen molar-refractivity contribution in [1.82, 2.24) is 0 Å². The first kappa shape index (κ1) is 15.0. The first-order valence-electron chi connectivity index (χ1n) is 5.79. The summed E-state index contributed by atoms with van der Waals surface area (Å²) in [5, 5.41) is 0. The molecule has 0 spiro atoms. The molecule has 1 rings (SSSR count). The van der Waals surface area contributed by atoms with E-state index >= 15 is 0 Å². The second-order valence-electron chi connectivity index (χ2n) is 4.69. The summed E-state index contributed by atoms with van der Waals surface area (Å²) in [4.78, 5) is 22.5. The molecule has 1 aromatic rings. The van der Waals surface area contributed by atoms with Crippen LogP contribution in [0.5, 0.6) is 11.5 Å². The van der Waals surface area contributed by atoms with Gasteiger partial charge in [-0.15, -0.1) is 0 Å². The van der Waals surface area contributed by atoms with Crippen LogP contribution in [0.4, 0.5) is 0 Å². The van der Waals surface area contributed by atoms with E-state index in [0.717, 1.165) is 0 Å². The minimum Gasteiger partial charge on any atom is -0.497 e. The molecule has 0 atom stereocenters. The number of benzene rings is 1. The van der Waals surface area contributed by atoms with E-state index in [-0.39, 0.29) is 12.6 Å². The molecule has 5 heteroatoms. The Morgan fingerprint density at radius 1 is 1.32 bits per heavy atom. The van der Waals surface area contributed by atoms with Gasteiger partial charge in [0.25, 0.3) is 0 Å². The van der Waals surface area contributed by atoms with Crippen LogP contribution in [0.25, 0.3) is 0 Å². The third kappa shape index (κ3) is 3.71. The van der Waals surface area contributed by atoms with Gasteiger partial charge < -0.3 is 14.2 Å². The van der Waals surface area contributed by atoms with Gasteiger partial charge in [-0.3, -0.25) is 9.59 Å². The van der Waals surface area contributed by atoms with E-state index in [1.165, 1.54) is 14.2 Å². The van der Waals surface area contributed by atoms with Crippen LogP contribution in [-0.2, 0) is 9.53 Å². The number of rotatable bonds is 6. The van der Waals surface area contributed by atoms with Crippen LogP contribution < -0.4 is 9.47 Å². The fourth-order valence-electron chi connectivity index (χ4n) is 1.47. The van der Waals surface area contributed by atoms with E-state index < -0.39 is 5.41 Å². The van der Waals surface area contributed by atoms with Gasteiger partial charge in [-0.2, -0.15) is 0 Å². The molecule has 0 aliphatic rings. The normalized spacial score (nSPS) is 10.7. The van der Waals surface area contributed by atoms with Crippen molar-refractivity contribution in [3.63, 3.8) is 0 Å². The number of esters is 1. The number of hydrogen-bond acceptors (Lipinski definition) is 5. The maximum atomic E-state index is 11.5. The Bertz CT molecular complexity index is 465. The zero-order valence-electron chi connectivity index (χ0n) is 11.6. The molecule has 0 N–H and O–H groups in total. The second-order valence-corrected chi connectivity index (χ2v) is 4.69. The highest BCUT2D eigenvalue weighted by Crippen LogP contribution is 2.25. The van der Waals surface area contributed by atoms with Crippen LogP contribution in [0.1, 0.15) is 24.2 Å². The Kier molecular flexibility index (Phi) is 4.92. The van der Waals surface area contributed by atoms with Gasteiger partial charge in [0.15, 0.2) is 6.29 Å². The van der Waals surface area contributed by atoms with Crippen molar-refractivity contribution >= 4 is 12.3 Å². The predicted octanol–water partition coefficient (Wildman–Crippen LogP) is 2.09. The summed E-state index contributed by atoms with van der Waals surface area (Å²) in [6.45, 7) is 3.54. The minimum absolute atomic E-state index is 0.118. The van der Waals surface area contributed by atoms with E-state index in [9.17, 15) is 9.59 Å². The Morgan fingerprint density at radius 3 is 2.53 bits per heavy atom. The van der Waals surface area contributed by atoms with Crippen molar-refractivity contribution in [2.24, 2.45) is 5.41 Å². The molecule has 5 nitrogen and oxygen atoms in total. The van der Waals surface area contributed by atoms with E-state index in [4.69, 9.17) is 9.47 Å². The van der Waals surface area contributed by atoms with E-state index in [2.05, 4.69) is 4.74 Å². The van der Waals surface area contributed by atoms with Crippen LogP contribution in [0.3, 0.4) is 0 Å². The van der Waals surface area contributed by atoms with Crippen molar-refractivity contribution in [1.29, 1.82) is 0 Å². The lowest BCUT2D eigenvalue weighted by molar-refractivity contribution is -0.152. The van der Waals surface area contributed by atoms with Gasteiger partial charge >= 0.3 is 5.97 Å². The van der Waals surface area contributed by atoms with Crippen LogP contribution in [0.15, 0.2) is 18.2 Å². The zero-order valence-corrected chi connectivity index (χ0v) is 11.6. The number of carbonyl (C=O) groups is 2. The molecule has 0 amide bonds. The molecule has 1 aromatic carbocycles. The number of methoxy groups -OCH3 is 2. The van der Waals surface area contributed by atoms with Crippen molar-refractivity contribution in [2.75, 3.05) is 20.8 Å². The molecule has 0 saturated heterocycles. The fraction of sp³-hybridized carbons (Fsp3) is 0.429. The van der Waals surface area contributed by atoms with E-state index in [1.54, 1.807) is 32.0 Å². The summed E-state index contributed by atoms with van der Waals surface area (Å²) >= 11 is 0. The summed E-state index contributed by atoms with van der Waals surface area (Å²) in [6.07, 6.45) is 0.684. The lowest BCUT2D eigenvalue weighted by Crippen LogP contribution is -2.32. The average molecular weight is 266 g/mol. The molecule has 0 fully saturated rings. The van der Waals surface area contributed by atoms with Gasteiger partial charge in [0.1, 0.15) is 18.1 Å². The van der Waals surface area contributed by atoms with Gasteiger partial charge in [0.05, 0.1) is 25.2 Å². The van der Waals surface area contributed by atoms with Crippen molar-refractivity contribution < 1.29 is 23.8 Å². The van der Waals surface area contributed by atoms with E-state index in [0.29, 0.717) is 23.3 Å². The Labute approximate surface area is 112 Å². The van der Waals surface area contributed by atoms with Gasteiger partial charge in [-0.1, -0.05) is 0 Å². The summed E-state index contributed by atoms with van der Waals surface area (Å²) in [5.74, 6) is 0.614. The van der Waals surface area contributed by atoms with Crippen LogP contribution >= 0.6 is 0 Å². The molecule has 19 heavy (non-hydrogen) atoms. The van der Waals surface area contributed by atoms with Crippen LogP contribution in [0.2, 0.25) is 0 Å². The minimum atomic E-state index is -0.783. The first-order valence-corrected chi connectivity index (χ1v) is 5.79. The third-order valence-electron chi connectivity index (χ3n) is 2.67. The summed E-state index contributed by atoms with van der Waals surface area (Å²) in [6, 6.07) is 4.90. The van der Waals surface area contributed by atoms with Crippen LogP contribution in [0, 0.1) is 5.41 Å². The van der Waals surface area contributed by atoms with Gasteiger partial charge in [0, 0.05) is 0 Å². The molecule has 0 bridgehead atoms. The molecule has 0 aliphatic carbocycles. The highest BCUT2D eigenvalue weighted by molar-refractivity contribution is 5.80. The standard InChI is InChI=1S/C14H18O5/c1-14(2,13(16)18-4)9-19-12-6-5-11(17-3)7-10(12)8-15/h5-8H,9H2,1-4H3. The first-order chi connectivity index (χ1) is 8.94. The Hall–Kier alpha value is -2.04. The highest BCUT2D eigenvalue weighted by Gasteiger charge is 2.30. The van der Waals surface area contributed by atoms with Gasteiger partial charge in [0.2, 0.25) is 0 Å². The van der Waals surface area contributed by atoms with E-state index in [1.807, 2.05) is 0 Å². The average Bonchev–Trinajstić information content (AvgIpc) is 2.43. The lowest BCUT2D eigenvalue weighted by Gasteiger charge is -2.22. The second kappa shape index (κ2) is 6.22. The Morgan fingerprint density at radius 2 is 2.00 bits per heavy atom. The molecular weight excluding hydrogens is 248 g/mol. The molecule has 0 aliphatic heterocycles. The van der Waals surface area contributed by atoms with Crippen molar-refractivity contribution in [3.8, 4) is 11.5 Å². The zero-order chi connectivity index (χ0) is 14.5. The van der Waals surface area contributed by atoms with Crippen LogP contribution in [-0.4, -0.2) is 33.1 Å². The number of ether oxygens (including phenoxy) is 3. The smallest absolute Gasteiger partial charge is 0.314 e. The molecule has 104 valence electrons. The maximum absolute atomic E-state index is 11.5. The molecule has 0 saturated carbocycles. The molecule has 0 aromatic heterocycles. The fourth-order valence-corrected chi connectivity index (χ4v) is 1.47. The molecule has 0 unspecified atom stereocenters. The van der Waals surface area contributed by atoms with Crippen molar-refractivity contribution in [3.05, 3.63) is 23.8 Å². The number of hydrogen-bond donors (Lipinski definition) is 0. The Balaban J connectivity index is 2.83. The largest absolute Gasteiger partial charge is 0.497 e. The topological polar surface area (TPSA) is 61.8 Å². The lowest BCUT2D eigenvalue weighted by atomic mass is 9.95. The molecule has 0 radical (unpaired) electrons. The summed E-state index contributed by atoms with van der Waals surface area (Å²) in [7, 11) is 2.85. The monoisotopic (exact) mass is 266 g/mol. The number of carbonyl (C=O) groups excluding carboxylic acids is 2. The number of aldehydes is 1. The van der Waals surface area contributed by atoms with Gasteiger partial charge in [-0.25, -0.2) is 0 Å².